The lowest BCUT2D eigenvalue weighted by atomic mass is 10.1. The first kappa shape index (κ1) is 15.0. The van der Waals surface area contributed by atoms with Gasteiger partial charge >= 0.3 is 0 Å². The number of ether oxygens (including phenoxy) is 1. The smallest absolute Gasteiger partial charge is 0.239 e. The summed E-state index contributed by atoms with van der Waals surface area (Å²) in [5.74, 6) is 0.566. The molecule has 1 amide bonds. The number of carbonyl (C=O) groups excluding carboxylic acids is 1. The number of hydrogen-bond acceptors (Lipinski definition) is 3. The van der Waals surface area contributed by atoms with E-state index in [1.807, 2.05) is 31.2 Å². The van der Waals surface area contributed by atoms with Crippen LogP contribution in [0.2, 0.25) is 0 Å². The number of nitrogens with two attached hydrogens (primary N) is 1. The Balaban J connectivity index is 2.46. The molecule has 0 aromatic heterocycles. The minimum absolute atomic E-state index is 0.130. The molecule has 0 saturated heterocycles. The Hall–Kier alpha value is -1.07. The number of hydrogen-bond donors (Lipinski definition) is 2. The van der Waals surface area contributed by atoms with Crippen molar-refractivity contribution in [1.29, 1.82) is 0 Å². The van der Waals surface area contributed by atoms with Crippen LogP contribution in [0.15, 0.2) is 28.7 Å². The molecule has 4 nitrogen and oxygen atoms in total. The lowest BCUT2D eigenvalue weighted by Gasteiger charge is -2.21. The number of benzene rings is 1. The standard InChI is InChI=1S/C13H19BrN2O2/c1-9(8-16-12(17)13(2,3)15)18-11-7-5-4-6-10(11)14/h4-7,9H,8,15H2,1-3H3,(H,16,17). The summed E-state index contributed by atoms with van der Waals surface area (Å²) in [7, 11) is 0. The number of nitrogens with one attached hydrogen (secondary N) is 1. The molecule has 0 aliphatic rings. The predicted octanol–water partition coefficient (Wildman–Crippen LogP) is 2.07. The Morgan fingerprint density at radius 3 is 2.67 bits per heavy atom. The molecule has 0 bridgehead atoms. The Kier molecular flexibility index (Phi) is 5.16. The minimum atomic E-state index is -0.868. The number of rotatable bonds is 5. The Morgan fingerprint density at radius 1 is 1.50 bits per heavy atom. The molecule has 0 saturated carbocycles. The van der Waals surface area contributed by atoms with Crippen molar-refractivity contribution in [1.82, 2.24) is 5.32 Å². The lowest BCUT2D eigenvalue weighted by molar-refractivity contribution is -0.125. The monoisotopic (exact) mass is 314 g/mol. The maximum Gasteiger partial charge on any atom is 0.239 e. The van der Waals surface area contributed by atoms with Gasteiger partial charge in [-0.1, -0.05) is 12.1 Å². The molecule has 1 unspecified atom stereocenters. The Labute approximate surface area is 116 Å². The molecule has 0 fully saturated rings. The van der Waals surface area contributed by atoms with Crippen LogP contribution >= 0.6 is 15.9 Å². The van der Waals surface area contributed by atoms with Gasteiger partial charge in [-0.2, -0.15) is 0 Å². The highest BCUT2D eigenvalue weighted by Crippen LogP contribution is 2.24. The highest BCUT2D eigenvalue weighted by Gasteiger charge is 2.22. The van der Waals surface area contributed by atoms with Crippen molar-refractivity contribution in [2.75, 3.05) is 6.54 Å². The van der Waals surface area contributed by atoms with Gasteiger partial charge in [0, 0.05) is 0 Å². The zero-order valence-electron chi connectivity index (χ0n) is 10.9. The molecular formula is C13H19BrN2O2. The van der Waals surface area contributed by atoms with Crippen LogP contribution in [0, 0.1) is 0 Å². The van der Waals surface area contributed by atoms with E-state index in [9.17, 15) is 4.79 Å². The van der Waals surface area contributed by atoms with E-state index in [-0.39, 0.29) is 12.0 Å². The molecule has 1 rings (SSSR count). The Morgan fingerprint density at radius 2 is 2.11 bits per heavy atom. The summed E-state index contributed by atoms with van der Waals surface area (Å²) in [5, 5.41) is 2.76. The fourth-order valence-corrected chi connectivity index (χ4v) is 1.64. The van der Waals surface area contributed by atoms with E-state index < -0.39 is 5.54 Å². The Bertz CT molecular complexity index is 416. The fourth-order valence-electron chi connectivity index (χ4n) is 1.26. The molecule has 5 heteroatoms. The summed E-state index contributed by atoms with van der Waals surface area (Å²) >= 11 is 3.40. The zero-order chi connectivity index (χ0) is 13.8. The van der Waals surface area contributed by atoms with Gasteiger partial charge in [0.1, 0.15) is 11.9 Å². The molecular weight excluding hydrogens is 296 g/mol. The van der Waals surface area contributed by atoms with Gasteiger partial charge in [0.15, 0.2) is 0 Å². The van der Waals surface area contributed by atoms with E-state index >= 15 is 0 Å². The average molecular weight is 315 g/mol. The topological polar surface area (TPSA) is 64.4 Å². The molecule has 18 heavy (non-hydrogen) atoms. The van der Waals surface area contributed by atoms with Gasteiger partial charge in [0.05, 0.1) is 16.6 Å². The second kappa shape index (κ2) is 6.20. The van der Waals surface area contributed by atoms with Crippen molar-refractivity contribution < 1.29 is 9.53 Å². The van der Waals surface area contributed by atoms with Crippen molar-refractivity contribution >= 4 is 21.8 Å². The quantitative estimate of drug-likeness (QED) is 0.874. The van der Waals surface area contributed by atoms with Gasteiger partial charge in [-0.05, 0) is 48.8 Å². The minimum Gasteiger partial charge on any atom is -0.488 e. The second-order valence-electron chi connectivity index (χ2n) is 4.79. The van der Waals surface area contributed by atoms with Crippen LogP contribution in [-0.2, 0) is 4.79 Å². The highest BCUT2D eigenvalue weighted by molar-refractivity contribution is 9.10. The third-order valence-corrected chi connectivity index (χ3v) is 2.96. The van der Waals surface area contributed by atoms with Crippen LogP contribution in [0.4, 0.5) is 0 Å². The molecule has 100 valence electrons. The van der Waals surface area contributed by atoms with E-state index in [0.29, 0.717) is 6.54 Å². The predicted molar refractivity (Wildman–Crippen MR) is 75.5 cm³/mol. The van der Waals surface area contributed by atoms with E-state index in [1.165, 1.54) is 0 Å². The van der Waals surface area contributed by atoms with Crippen molar-refractivity contribution in [3.05, 3.63) is 28.7 Å². The van der Waals surface area contributed by atoms with Gasteiger partial charge in [0.2, 0.25) is 5.91 Å². The normalized spacial score (nSPS) is 12.9. The average Bonchev–Trinajstić information content (AvgIpc) is 2.27. The van der Waals surface area contributed by atoms with Crippen molar-refractivity contribution in [3.8, 4) is 5.75 Å². The molecule has 0 radical (unpaired) electrons. The number of halogens is 1. The van der Waals surface area contributed by atoms with Gasteiger partial charge < -0.3 is 15.8 Å². The third-order valence-electron chi connectivity index (χ3n) is 2.30. The van der Waals surface area contributed by atoms with Gasteiger partial charge in [-0.15, -0.1) is 0 Å². The van der Waals surface area contributed by atoms with Crippen molar-refractivity contribution in [2.24, 2.45) is 5.73 Å². The van der Waals surface area contributed by atoms with Crippen LogP contribution in [-0.4, -0.2) is 24.1 Å². The summed E-state index contributed by atoms with van der Waals surface area (Å²) in [6.45, 7) is 5.65. The van der Waals surface area contributed by atoms with Crippen LogP contribution in [0.5, 0.6) is 5.75 Å². The second-order valence-corrected chi connectivity index (χ2v) is 5.64. The molecule has 1 atom stereocenters. The maximum atomic E-state index is 11.6. The summed E-state index contributed by atoms with van der Waals surface area (Å²) in [5.41, 5.74) is 4.81. The van der Waals surface area contributed by atoms with E-state index in [4.69, 9.17) is 10.5 Å². The van der Waals surface area contributed by atoms with Crippen LogP contribution < -0.4 is 15.8 Å². The van der Waals surface area contributed by atoms with Crippen LogP contribution in [0.1, 0.15) is 20.8 Å². The number of para-hydroxylation sites is 1. The summed E-state index contributed by atoms with van der Waals surface area (Å²) in [6.07, 6.45) is -0.130. The lowest BCUT2D eigenvalue weighted by Crippen LogP contribution is -2.50. The molecule has 3 N–H and O–H groups in total. The fraction of sp³-hybridized carbons (Fsp3) is 0.462. The zero-order valence-corrected chi connectivity index (χ0v) is 12.5. The third kappa shape index (κ3) is 4.66. The van der Waals surface area contributed by atoms with Gasteiger partial charge in [-0.25, -0.2) is 0 Å². The van der Waals surface area contributed by atoms with Crippen LogP contribution in [0.3, 0.4) is 0 Å². The van der Waals surface area contributed by atoms with E-state index in [1.54, 1.807) is 13.8 Å². The van der Waals surface area contributed by atoms with Crippen molar-refractivity contribution in [2.45, 2.75) is 32.4 Å². The first-order valence-electron chi connectivity index (χ1n) is 5.79. The van der Waals surface area contributed by atoms with E-state index in [2.05, 4.69) is 21.2 Å². The molecule has 1 aromatic carbocycles. The largest absolute Gasteiger partial charge is 0.488 e. The van der Waals surface area contributed by atoms with Crippen molar-refractivity contribution in [3.63, 3.8) is 0 Å². The number of amides is 1. The number of carbonyl (C=O) groups is 1. The summed E-state index contributed by atoms with van der Waals surface area (Å²) in [6, 6.07) is 7.59. The van der Waals surface area contributed by atoms with Gasteiger partial charge in [-0.3, -0.25) is 4.79 Å². The molecule has 0 spiro atoms. The first-order chi connectivity index (χ1) is 8.30. The summed E-state index contributed by atoms with van der Waals surface area (Å²) < 4.78 is 6.60. The van der Waals surface area contributed by atoms with Crippen LogP contribution in [0.25, 0.3) is 0 Å². The van der Waals surface area contributed by atoms with E-state index in [0.717, 1.165) is 10.2 Å². The first-order valence-corrected chi connectivity index (χ1v) is 6.58. The highest BCUT2D eigenvalue weighted by atomic mass is 79.9. The summed E-state index contributed by atoms with van der Waals surface area (Å²) in [4.78, 5) is 11.6. The SMILES string of the molecule is CC(CNC(=O)C(C)(C)N)Oc1ccccc1Br. The molecule has 0 aliphatic carbocycles. The van der Waals surface area contributed by atoms with Gasteiger partial charge in [0.25, 0.3) is 0 Å². The maximum absolute atomic E-state index is 11.6. The molecule has 1 aromatic rings. The molecule has 0 heterocycles. The molecule has 0 aliphatic heterocycles.